The fraction of sp³-hybridized carbons (Fsp3) is 0.316. The van der Waals surface area contributed by atoms with Gasteiger partial charge in [0.15, 0.2) is 0 Å². The quantitative estimate of drug-likeness (QED) is 0.600. The molecule has 9 heteroatoms. The standard InChI is InChI=1S/C19H22Cl2N2O4S/c1-3-14-4-7-16(8-5-14)27-11-10-22-19(24)13-23(28(2,25)26)18-9-6-15(20)12-17(18)21/h4-9,12H,3,10-11,13H2,1-2H3,(H,22,24). The highest BCUT2D eigenvalue weighted by Gasteiger charge is 2.23. The molecular formula is C19H22Cl2N2O4S. The molecule has 1 amide bonds. The predicted molar refractivity (Wildman–Crippen MR) is 113 cm³/mol. The SMILES string of the molecule is CCc1ccc(OCCNC(=O)CN(c2ccc(Cl)cc2Cl)S(C)(=O)=O)cc1. The molecule has 2 aromatic rings. The van der Waals surface area contributed by atoms with E-state index in [2.05, 4.69) is 12.2 Å². The molecule has 0 aromatic heterocycles. The summed E-state index contributed by atoms with van der Waals surface area (Å²) in [4.78, 5) is 12.2. The highest BCUT2D eigenvalue weighted by Crippen LogP contribution is 2.30. The van der Waals surface area contributed by atoms with Crippen molar-refractivity contribution in [3.05, 3.63) is 58.1 Å². The minimum Gasteiger partial charge on any atom is -0.492 e. The molecule has 0 heterocycles. The van der Waals surface area contributed by atoms with E-state index in [0.29, 0.717) is 10.8 Å². The van der Waals surface area contributed by atoms with Crippen LogP contribution in [0.1, 0.15) is 12.5 Å². The number of amides is 1. The second kappa shape index (κ2) is 10.0. The van der Waals surface area contributed by atoms with Crippen LogP contribution in [0, 0.1) is 0 Å². The minimum atomic E-state index is -3.71. The highest BCUT2D eigenvalue weighted by molar-refractivity contribution is 7.92. The van der Waals surface area contributed by atoms with E-state index in [1.54, 1.807) is 0 Å². The van der Waals surface area contributed by atoms with Gasteiger partial charge in [0.1, 0.15) is 18.9 Å². The van der Waals surface area contributed by atoms with Crippen LogP contribution < -0.4 is 14.4 Å². The van der Waals surface area contributed by atoms with E-state index >= 15 is 0 Å². The molecule has 28 heavy (non-hydrogen) atoms. The molecule has 0 unspecified atom stereocenters. The summed E-state index contributed by atoms with van der Waals surface area (Å²) in [5.41, 5.74) is 1.40. The van der Waals surface area contributed by atoms with Crippen molar-refractivity contribution >= 4 is 44.8 Å². The van der Waals surface area contributed by atoms with Crippen LogP contribution in [0.2, 0.25) is 10.0 Å². The third-order valence-electron chi connectivity index (χ3n) is 3.89. The Morgan fingerprint density at radius 1 is 1.14 bits per heavy atom. The van der Waals surface area contributed by atoms with Crippen LogP contribution in [0.5, 0.6) is 5.75 Å². The highest BCUT2D eigenvalue weighted by atomic mass is 35.5. The third kappa shape index (κ3) is 6.58. The molecule has 6 nitrogen and oxygen atoms in total. The van der Waals surface area contributed by atoms with E-state index in [1.807, 2.05) is 24.3 Å². The zero-order chi connectivity index (χ0) is 20.7. The Morgan fingerprint density at radius 2 is 1.82 bits per heavy atom. The van der Waals surface area contributed by atoms with Crippen molar-refractivity contribution in [2.75, 3.05) is 30.3 Å². The van der Waals surface area contributed by atoms with Gasteiger partial charge in [0.05, 0.1) is 23.5 Å². The van der Waals surface area contributed by atoms with Gasteiger partial charge in [-0.15, -0.1) is 0 Å². The number of benzene rings is 2. The Kier molecular flexibility index (Phi) is 7.98. The first-order valence-corrected chi connectivity index (χ1v) is 11.2. The van der Waals surface area contributed by atoms with Crippen molar-refractivity contribution in [2.45, 2.75) is 13.3 Å². The maximum Gasteiger partial charge on any atom is 0.240 e. The largest absolute Gasteiger partial charge is 0.492 e. The summed E-state index contributed by atoms with van der Waals surface area (Å²) < 4.78 is 30.7. The third-order valence-corrected chi connectivity index (χ3v) is 5.55. The average molecular weight is 445 g/mol. The topological polar surface area (TPSA) is 75.7 Å². The number of carbonyl (C=O) groups is 1. The first kappa shape index (κ1) is 22.3. The van der Waals surface area contributed by atoms with Crippen molar-refractivity contribution in [2.24, 2.45) is 0 Å². The lowest BCUT2D eigenvalue weighted by atomic mass is 10.2. The maximum atomic E-state index is 12.2. The smallest absolute Gasteiger partial charge is 0.240 e. The van der Waals surface area contributed by atoms with Gasteiger partial charge in [0, 0.05) is 5.02 Å². The molecule has 0 fully saturated rings. The number of sulfonamides is 1. The molecule has 152 valence electrons. The lowest BCUT2D eigenvalue weighted by Crippen LogP contribution is -2.41. The molecule has 0 atom stereocenters. The lowest BCUT2D eigenvalue weighted by molar-refractivity contribution is -0.119. The molecule has 0 aliphatic carbocycles. The van der Waals surface area contributed by atoms with E-state index in [-0.39, 0.29) is 23.9 Å². The van der Waals surface area contributed by atoms with Gasteiger partial charge in [0.25, 0.3) is 0 Å². The minimum absolute atomic E-state index is 0.143. The molecule has 0 aliphatic heterocycles. The van der Waals surface area contributed by atoms with Crippen molar-refractivity contribution in [3.8, 4) is 5.75 Å². The summed E-state index contributed by atoms with van der Waals surface area (Å²) >= 11 is 11.9. The van der Waals surface area contributed by atoms with Gasteiger partial charge >= 0.3 is 0 Å². The number of nitrogens with one attached hydrogen (secondary N) is 1. The average Bonchev–Trinajstić information content (AvgIpc) is 2.63. The number of nitrogens with zero attached hydrogens (tertiary/aromatic N) is 1. The monoisotopic (exact) mass is 444 g/mol. The van der Waals surface area contributed by atoms with Crippen molar-refractivity contribution in [1.82, 2.24) is 5.32 Å². The van der Waals surface area contributed by atoms with Gasteiger partial charge in [0.2, 0.25) is 15.9 Å². The van der Waals surface area contributed by atoms with Gasteiger partial charge in [-0.25, -0.2) is 8.42 Å². The van der Waals surface area contributed by atoms with E-state index < -0.39 is 22.5 Å². The number of carbonyl (C=O) groups excluding carboxylic acids is 1. The summed E-state index contributed by atoms with van der Waals surface area (Å²) in [6, 6.07) is 12.1. The van der Waals surface area contributed by atoms with E-state index in [9.17, 15) is 13.2 Å². The number of hydrogen-bond acceptors (Lipinski definition) is 4. The fourth-order valence-electron chi connectivity index (χ4n) is 2.43. The lowest BCUT2D eigenvalue weighted by Gasteiger charge is -2.23. The predicted octanol–water partition coefficient (Wildman–Crippen LogP) is 3.52. The summed E-state index contributed by atoms with van der Waals surface area (Å²) in [5.74, 6) is 0.235. The Bertz CT molecular complexity index is 918. The van der Waals surface area contributed by atoms with Gasteiger partial charge in [-0.2, -0.15) is 0 Å². The van der Waals surface area contributed by atoms with Crippen LogP contribution >= 0.6 is 23.2 Å². The first-order valence-electron chi connectivity index (χ1n) is 8.62. The molecule has 2 aromatic carbocycles. The van der Waals surface area contributed by atoms with Gasteiger partial charge in [-0.05, 0) is 42.3 Å². The molecule has 2 rings (SSSR count). The van der Waals surface area contributed by atoms with Crippen molar-refractivity contribution in [1.29, 1.82) is 0 Å². The Labute approximate surface area is 175 Å². The summed E-state index contributed by atoms with van der Waals surface area (Å²) in [5, 5.41) is 3.15. The number of anilines is 1. The molecule has 0 radical (unpaired) electrons. The van der Waals surface area contributed by atoms with E-state index in [0.717, 1.165) is 17.0 Å². The zero-order valence-corrected chi connectivity index (χ0v) is 17.9. The first-order chi connectivity index (χ1) is 13.2. The van der Waals surface area contributed by atoms with Crippen LogP contribution in [0.4, 0.5) is 5.69 Å². The molecular weight excluding hydrogens is 423 g/mol. The number of ether oxygens (including phenoxy) is 1. The van der Waals surface area contributed by atoms with Crippen LogP contribution in [0.25, 0.3) is 0 Å². The fourth-order valence-corrected chi connectivity index (χ4v) is 3.86. The molecule has 0 aliphatic rings. The van der Waals surface area contributed by atoms with Gasteiger partial charge in [-0.1, -0.05) is 42.3 Å². The summed E-state index contributed by atoms with van der Waals surface area (Å²) in [6.07, 6.45) is 1.96. The normalized spacial score (nSPS) is 11.1. The molecule has 0 spiro atoms. The van der Waals surface area contributed by atoms with E-state index in [1.165, 1.54) is 23.8 Å². The molecule has 0 bridgehead atoms. The Balaban J connectivity index is 1.91. The van der Waals surface area contributed by atoms with Crippen LogP contribution in [0.15, 0.2) is 42.5 Å². The second-order valence-corrected chi connectivity index (χ2v) is 8.81. The number of rotatable bonds is 9. The Hall–Kier alpha value is -1.96. The van der Waals surface area contributed by atoms with Crippen molar-refractivity contribution in [3.63, 3.8) is 0 Å². The van der Waals surface area contributed by atoms with Crippen LogP contribution in [0.3, 0.4) is 0 Å². The number of hydrogen-bond donors (Lipinski definition) is 1. The number of aryl methyl sites for hydroxylation is 1. The molecule has 1 N–H and O–H groups in total. The van der Waals surface area contributed by atoms with E-state index in [4.69, 9.17) is 27.9 Å². The van der Waals surface area contributed by atoms with Gasteiger partial charge in [-0.3, -0.25) is 9.10 Å². The summed E-state index contributed by atoms with van der Waals surface area (Å²) in [6.45, 7) is 2.17. The number of halogens is 2. The Morgan fingerprint density at radius 3 is 2.39 bits per heavy atom. The maximum absolute atomic E-state index is 12.2. The molecule has 0 saturated carbocycles. The zero-order valence-electron chi connectivity index (χ0n) is 15.6. The van der Waals surface area contributed by atoms with Crippen molar-refractivity contribution < 1.29 is 17.9 Å². The van der Waals surface area contributed by atoms with Crippen LogP contribution in [-0.4, -0.2) is 40.3 Å². The van der Waals surface area contributed by atoms with Gasteiger partial charge < -0.3 is 10.1 Å². The van der Waals surface area contributed by atoms with Crippen LogP contribution in [-0.2, 0) is 21.2 Å². The molecule has 0 saturated heterocycles. The summed E-state index contributed by atoms with van der Waals surface area (Å²) in [7, 11) is -3.71. The second-order valence-electron chi connectivity index (χ2n) is 6.06.